The van der Waals surface area contributed by atoms with Gasteiger partial charge in [-0.25, -0.2) is 4.98 Å². The van der Waals surface area contributed by atoms with E-state index in [2.05, 4.69) is 10.3 Å². The lowest BCUT2D eigenvalue weighted by molar-refractivity contribution is 0.0947. The summed E-state index contributed by atoms with van der Waals surface area (Å²) in [5.41, 5.74) is 3.04. The van der Waals surface area contributed by atoms with Gasteiger partial charge in [0, 0.05) is 44.0 Å². The second-order valence-corrected chi connectivity index (χ2v) is 7.06. The summed E-state index contributed by atoms with van der Waals surface area (Å²) < 4.78 is 6.04. The first-order valence-electron chi connectivity index (χ1n) is 9.22. The van der Waals surface area contributed by atoms with Gasteiger partial charge in [-0.2, -0.15) is 0 Å². The highest BCUT2D eigenvalue weighted by atomic mass is 16.4. The summed E-state index contributed by atoms with van der Waals surface area (Å²) >= 11 is 0. The largest absolute Gasteiger partial charge is 0.435 e. The van der Waals surface area contributed by atoms with Gasteiger partial charge in [0.05, 0.1) is 0 Å². The van der Waals surface area contributed by atoms with Crippen LogP contribution in [-0.2, 0) is 0 Å². The molecule has 0 unspecified atom stereocenters. The molecule has 0 fully saturated rings. The van der Waals surface area contributed by atoms with Gasteiger partial charge in [0.2, 0.25) is 5.89 Å². The first-order valence-corrected chi connectivity index (χ1v) is 9.22. The summed E-state index contributed by atoms with van der Waals surface area (Å²) in [6.45, 7) is 1.29. The first kappa shape index (κ1) is 19.6. The Labute approximate surface area is 165 Å². The van der Waals surface area contributed by atoms with Crippen molar-refractivity contribution in [1.82, 2.24) is 15.2 Å². The Kier molecular flexibility index (Phi) is 6.11. The average molecular weight is 378 g/mol. The SMILES string of the molecule is CN(C)CCNC(=O)c1nc(-c2ccc(N(C)C)cc2)oc1-c1ccccc1. The molecule has 2 aromatic carbocycles. The second-order valence-electron chi connectivity index (χ2n) is 7.06. The number of hydrogen-bond acceptors (Lipinski definition) is 5. The third-order valence-electron chi connectivity index (χ3n) is 4.35. The molecular formula is C22H26N4O2. The molecule has 1 heterocycles. The molecule has 0 saturated carbocycles. The lowest BCUT2D eigenvalue weighted by Gasteiger charge is -2.11. The molecule has 0 saturated heterocycles. The lowest BCUT2D eigenvalue weighted by atomic mass is 10.1. The van der Waals surface area contributed by atoms with Crippen LogP contribution in [0.15, 0.2) is 59.0 Å². The number of carbonyl (C=O) groups excluding carboxylic acids is 1. The van der Waals surface area contributed by atoms with Crippen molar-refractivity contribution in [2.24, 2.45) is 0 Å². The molecule has 6 nitrogen and oxygen atoms in total. The summed E-state index contributed by atoms with van der Waals surface area (Å²) in [4.78, 5) is 21.3. The van der Waals surface area contributed by atoms with E-state index in [4.69, 9.17) is 4.42 Å². The van der Waals surface area contributed by atoms with Crippen molar-refractivity contribution >= 4 is 11.6 Å². The number of hydrogen-bond donors (Lipinski definition) is 1. The standard InChI is InChI=1S/C22H26N4O2/c1-25(2)15-14-23-21(27)19-20(16-8-6-5-7-9-16)28-22(24-19)17-10-12-18(13-11-17)26(3)4/h5-13H,14-15H2,1-4H3,(H,23,27). The maximum Gasteiger partial charge on any atom is 0.273 e. The van der Waals surface area contributed by atoms with Crippen LogP contribution in [0.4, 0.5) is 5.69 Å². The van der Waals surface area contributed by atoms with E-state index in [0.717, 1.165) is 23.4 Å². The van der Waals surface area contributed by atoms with Crippen LogP contribution in [0.5, 0.6) is 0 Å². The number of aromatic nitrogens is 1. The van der Waals surface area contributed by atoms with E-state index in [1.807, 2.05) is 92.6 Å². The third-order valence-corrected chi connectivity index (χ3v) is 4.35. The summed E-state index contributed by atoms with van der Waals surface area (Å²) in [6.07, 6.45) is 0. The first-order chi connectivity index (χ1) is 13.5. The molecule has 1 aromatic heterocycles. The summed E-state index contributed by atoms with van der Waals surface area (Å²) in [6, 6.07) is 17.5. The van der Waals surface area contributed by atoms with E-state index in [1.54, 1.807) is 0 Å². The van der Waals surface area contributed by atoms with Crippen molar-refractivity contribution in [3.05, 3.63) is 60.3 Å². The summed E-state index contributed by atoms with van der Waals surface area (Å²) in [7, 11) is 7.91. The van der Waals surface area contributed by atoms with Crippen LogP contribution in [0.25, 0.3) is 22.8 Å². The fourth-order valence-corrected chi connectivity index (χ4v) is 2.76. The van der Waals surface area contributed by atoms with Crippen LogP contribution >= 0.6 is 0 Å². The highest BCUT2D eigenvalue weighted by Crippen LogP contribution is 2.30. The lowest BCUT2D eigenvalue weighted by Crippen LogP contribution is -2.31. The van der Waals surface area contributed by atoms with Gasteiger partial charge >= 0.3 is 0 Å². The van der Waals surface area contributed by atoms with Crippen molar-refractivity contribution in [3.63, 3.8) is 0 Å². The summed E-state index contributed by atoms with van der Waals surface area (Å²) in [5, 5.41) is 2.92. The van der Waals surface area contributed by atoms with Gasteiger partial charge in [0.25, 0.3) is 5.91 Å². The van der Waals surface area contributed by atoms with Crippen LogP contribution in [0.1, 0.15) is 10.5 Å². The van der Waals surface area contributed by atoms with E-state index >= 15 is 0 Å². The van der Waals surface area contributed by atoms with Crippen LogP contribution in [-0.4, -0.2) is 57.1 Å². The minimum atomic E-state index is -0.236. The second kappa shape index (κ2) is 8.71. The Morgan fingerprint density at radius 3 is 2.25 bits per heavy atom. The quantitative estimate of drug-likeness (QED) is 0.683. The summed E-state index contributed by atoms with van der Waals surface area (Å²) in [5.74, 6) is 0.678. The Morgan fingerprint density at radius 1 is 0.964 bits per heavy atom. The Hall–Kier alpha value is -3.12. The highest BCUT2D eigenvalue weighted by molar-refractivity contribution is 5.98. The zero-order valence-electron chi connectivity index (χ0n) is 16.8. The zero-order valence-corrected chi connectivity index (χ0v) is 16.8. The fraction of sp³-hybridized carbons (Fsp3) is 0.273. The monoisotopic (exact) mass is 378 g/mol. The fourth-order valence-electron chi connectivity index (χ4n) is 2.76. The van der Waals surface area contributed by atoms with Gasteiger partial charge < -0.3 is 19.5 Å². The number of oxazole rings is 1. The minimum Gasteiger partial charge on any atom is -0.435 e. The van der Waals surface area contributed by atoms with Crippen molar-refractivity contribution < 1.29 is 9.21 Å². The van der Waals surface area contributed by atoms with E-state index in [-0.39, 0.29) is 5.91 Å². The van der Waals surface area contributed by atoms with Gasteiger partial charge in [-0.3, -0.25) is 4.79 Å². The van der Waals surface area contributed by atoms with Crippen LogP contribution in [0.3, 0.4) is 0 Å². The predicted octanol–water partition coefficient (Wildman–Crippen LogP) is 3.37. The van der Waals surface area contributed by atoms with Gasteiger partial charge in [-0.05, 0) is 38.4 Å². The van der Waals surface area contributed by atoms with Gasteiger partial charge in [0.15, 0.2) is 11.5 Å². The molecule has 0 aliphatic carbocycles. The molecule has 0 spiro atoms. The molecule has 3 rings (SSSR count). The van der Waals surface area contributed by atoms with Gasteiger partial charge in [0.1, 0.15) is 0 Å². The predicted molar refractivity (Wildman–Crippen MR) is 113 cm³/mol. The van der Waals surface area contributed by atoms with Crippen molar-refractivity contribution in [2.45, 2.75) is 0 Å². The number of likely N-dealkylation sites (N-methyl/N-ethyl adjacent to an activating group) is 1. The van der Waals surface area contributed by atoms with E-state index in [1.165, 1.54) is 0 Å². The normalized spacial score (nSPS) is 10.9. The number of carbonyl (C=O) groups is 1. The smallest absolute Gasteiger partial charge is 0.273 e. The number of anilines is 1. The van der Waals surface area contributed by atoms with Crippen LogP contribution in [0.2, 0.25) is 0 Å². The average Bonchev–Trinajstić information content (AvgIpc) is 3.14. The van der Waals surface area contributed by atoms with E-state index < -0.39 is 0 Å². The van der Waals surface area contributed by atoms with E-state index in [0.29, 0.717) is 23.9 Å². The van der Waals surface area contributed by atoms with E-state index in [9.17, 15) is 4.79 Å². The molecule has 1 amide bonds. The Morgan fingerprint density at radius 2 is 1.64 bits per heavy atom. The Bertz CT molecular complexity index is 915. The number of nitrogens with zero attached hydrogens (tertiary/aromatic N) is 3. The highest BCUT2D eigenvalue weighted by Gasteiger charge is 2.22. The zero-order chi connectivity index (χ0) is 20.1. The maximum atomic E-state index is 12.7. The van der Waals surface area contributed by atoms with Gasteiger partial charge in [-0.1, -0.05) is 30.3 Å². The molecule has 0 bridgehead atoms. The van der Waals surface area contributed by atoms with Crippen molar-refractivity contribution in [3.8, 4) is 22.8 Å². The number of nitrogens with one attached hydrogen (secondary N) is 1. The van der Waals surface area contributed by atoms with Crippen molar-refractivity contribution in [1.29, 1.82) is 0 Å². The number of benzene rings is 2. The minimum absolute atomic E-state index is 0.236. The molecule has 28 heavy (non-hydrogen) atoms. The topological polar surface area (TPSA) is 61.6 Å². The molecule has 0 radical (unpaired) electrons. The molecule has 0 atom stereocenters. The molecule has 6 heteroatoms. The van der Waals surface area contributed by atoms with Crippen LogP contribution in [0, 0.1) is 0 Å². The maximum absolute atomic E-state index is 12.7. The Balaban J connectivity index is 1.94. The van der Waals surface area contributed by atoms with Crippen molar-refractivity contribution in [2.75, 3.05) is 46.2 Å². The van der Waals surface area contributed by atoms with Gasteiger partial charge in [-0.15, -0.1) is 0 Å². The molecular weight excluding hydrogens is 352 g/mol. The third kappa shape index (κ3) is 4.58. The van der Waals surface area contributed by atoms with Crippen LogP contribution < -0.4 is 10.2 Å². The molecule has 1 N–H and O–H groups in total. The molecule has 0 aliphatic heterocycles. The number of rotatable bonds is 7. The molecule has 3 aromatic rings. The molecule has 146 valence electrons. The number of amides is 1. The molecule has 0 aliphatic rings.